The van der Waals surface area contributed by atoms with E-state index in [2.05, 4.69) is 4.98 Å². The van der Waals surface area contributed by atoms with Crippen LogP contribution in [-0.2, 0) is 0 Å². The number of carbonyl (C=O) groups is 1. The molecule has 2 rings (SSSR count). The molecule has 0 atom stereocenters. The van der Waals surface area contributed by atoms with Crippen molar-refractivity contribution in [3.8, 4) is 0 Å². The zero-order valence-electron chi connectivity index (χ0n) is 11.6. The van der Waals surface area contributed by atoms with Crippen LogP contribution in [0.4, 0.5) is 11.5 Å². The van der Waals surface area contributed by atoms with Crippen molar-refractivity contribution in [1.29, 1.82) is 0 Å². The van der Waals surface area contributed by atoms with Gasteiger partial charge in [0, 0.05) is 12.6 Å². The van der Waals surface area contributed by atoms with Crippen molar-refractivity contribution >= 4 is 17.4 Å². The number of nitrogen functional groups attached to an aromatic ring is 1. The molecular formula is C13H18N4O3. The van der Waals surface area contributed by atoms with E-state index in [0.29, 0.717) is 12.5 Å². The quantitative estimate of drug-likeness (QED) is 0.653. The van der Waals surface area contributed by atoms with E-state index in [0.717, 1.165) is 19.0 Å². The van der Waals surface area contributed by atoms with Gasteiger partial charge in [-0.2, -0.15) is 0 Å². The van der Waals surface area contributed by atoms with Gasteiger partial charge >= 0.3 is 0 Å². The van der Waals surface area contributed by atoms with Gasteiger partial charge in [0.25, 0.3) is 11.6 Å². The van der Waals surface area contributed by atoms with Gasteiger partial charge < -0.3 is 10.6 Å². The Morgan fingerprint density at radius 3 is 2.75 bits per heavy atom. The number of nitro groups is 1. The van der Waals surface area contributed by atoms with Crippen LogP contribution in [0.2, 0.25) is 0 Å². The lowest BCUT2D eigenvalue weighted by atomic mass is 10.1. The van der Waals surface area contributed by atoms with Crippen LogP contribution in [0.1, 0.15) is 37.0 Å². The van der Waals surface area contributed by atoms with E-state index in [1.807, 2.05) is 13.8 Å². The molecule has 0 spiro atoms. The number of pyridine rings is 1. The second kappa shape index (κ2) is 5.44. The topological polar surface area (TPSA) is 102 Å². The van der Waals surface area contributed by atoms with Crippen molar-refractivity contribution in [3.63, 3.8) is 0 Å². The van der Waals surface area contributed by atoms with E-state index in [-0.39, 0.29) is 29.0 Å². The number of aromatic nitrogens is 1. The summed E-state index contributed by atoms with van der Waals surface area (Å²) in [6.45, 7) is 4.61. The first-order valence-electron chi connectivity index (χ1n) is 6.61. The molecule has 2 N–H and O–H groups in total. The predicted molar refractivity (Wildman–Crippen MR) is 74.2 cm³/mol. The van der Waals surface area contributed by atoms with Crippen molar-refractivity contribution in [3.05, 3.63) is 27.9 Å². The highest BCUT2D eigenvalue weighted by Gasteiger charge is 2.36. The molecule has 20 heavy (non-hydrogen) atoms. The molecule has 1 heterocycles. The van der Waals surface area contributed by atoms with Gasteiger partial charge in [-0.1, -0.05) is 13.8 Å². The highest BCUT2D eigenvalue weighted by atomic mass is 16.6. The predicted octanol–water partition coefficient (Wildman–Crippen LogP) is 1.83. The average molecular weight is 278 g/mol. The summed E-state index contributed by atoms with van der Waals surface area (Å²) in [4.78, 5) is 28.4. The van der Waals surface area contributed by atoms with Gasteiger partial charge in [-0.3, -0.25) is 14.9 Å². The lowest BCUT2D eigenvalue weighted by molar-refractivity contribution is -0.385. The molecule has 0 aliphatic heterocycles. The molecule has 1 saturated carbocycles. The normalized spacial score (nSPS) is 14.3. The number of anilines is 1. The third-order valence-electron chi connectivity index (χ3n) is 3.14. The Morgan fingerprint density at radius 2 is 2.25 bits per heavy atom. The van der Waals surface area contributed by atoms with E-state index in [4.69, 9.17) is 5.73 Å². The zero-order chi connectivity index (χ0) is 14.9. The van der Waals surface area contributed by atoms with Gasteiger partial charge in [0.1, 0.15) is 17.6 Å². The summed E-state index contributed by atoms with van der Waals surface area (Å²) in [5.41, 5.74) is 5.28. The third kappa shape index (κ3) is 3.04. The molecule has 7 nitrogen and oxygen atoms in total. The summed E-state index contributed by atoms with van der Waals surface area (Å²) in [5, 5.41) is 11.0. The van der Waals surface area contributed by atoms with Gasteiger partial charge in [-0.25, -0.2) is 4.98 Å². The average Bonchev–Trinajstić information content (AvgIpc) is 3.18. The standard InChI is InChI=1S/C13H18N4O3/c1-8(2)7-16(9-3-4-9)13(18)10-5-12(14)15-6-11(10)17(19)20/h5-6,8-9H,3-4,7H2,1-2H3,(H2,14,15). The zero-order valence-corrected chi connectivity index (χ0v) is 11.6. The summed E-state index contributed by atoms with van der Waals surface area (Å²) in [6.07, 6.45) is 2.95. The van der Waals surface area contributed by atoms with Gasteiger partial charge in [-0.05, 0) is 24.8 Å². The highest BCUT2D eigenvalue weighted by Crippen LogP contribution is 2.31. The van der Waals surface area contributed by atoms with Crippen LogP contribution >= 0.6 is 0 Å². The Kier molecular flexibility index (Phi) is 3.87. The third-order valence-corrected chi connectivity index (χ3v) is 3.14. The van der Waals surface area contributed by atoms with Crippen molar-refractivity contribution < 1.29 is 9.72 Å². The van der Waals surface area contributed by atoms with Gasteiger partial charge in [0.15, 0.2) is 0 Å². The molecule has 108 valence electrons. The van der Waals surface area contributed by atoms with Crippen molar-refractivity contribution in [1.82, 2.24) is 9.88 Å². The summed E-state index contributed by atoms with van der Waals surface area (Å²) < 4.78 is 0. The molecule has 7 heteroatoms. The maximum Gasteiger partial charge on any atom is 0.300 e. The van der Waals surface area contributed by atoms with Crippen LogP contribution in [0.3, 0.4) is 0 Å². The minimum atomic E-state index is -0.597. The second-order valence-electron chi connectivity index (χ2n) is 5.47. The fourth-order valence-electron chi connectivity index (χ4n) is 2.11. The number of rotatable bonds is 5. The van der Waals surface area contributed by atoms with Crippen molar-refractivity contribution in [2.24, 2.45) is 5.92 Å². The van der Waals surface area contributed by atoms with Gasteiger partial charge in [0.2, 0.25) is 0 Å². The van der Waals surface area contributed by atoms with E-state index in [9.17, 15) is 14.9 Å². The molecule has 1 aromatic heterocycles. The number of amides is 1. The molecule has 0 saturated heterocycles. The molecular weight excluding hydrogens is 260 g/mol. The molecule has 1 fully saturated rings. The number of nitrogens with zero attached hydrogens (tertiary/aromatic N) is 3. The first-order valence-corrected chi connectivity index (χ1v) is 6.61. The van der Waals surface area contributed by atoms with Crippen LogP contribution in [0, 0.1) is 16.0 Å². The molecule has 1 aliphatic carbocycles. The van der Waals surface area contributed by atoms with Crippen LogP contribution in [0.25, 0.3) is 0 Å². The number of nitrogens with two attached hydrogens (primary N) is 1. The van der Waals surface area contributed by atoms with Crippen LogP contribution in [0.5, 0.6) is 0 Å². The Labute approximate surface area is 116 Å². The molecule has 0 radical (unpaired) electrons. The van der Waals surface area contributed by atoms with Gasteiger partial charge in [0.05, 0.1) is 4.92 Å². The Bertz CT molecular complexity index is 540. The highest BCUT2D eigenvalue weighted by molar-refractivity contribution is 5.99. The number of carbonyl (C=O) groups excluding carboxylic acids is 1. The molecule has 1 aromatic rings. The summed E-state index contributed by atoms with van der Waals surface area (Å²) in [7, 11) is 0. The monoisotopic (exact) mass is 278 g/mol. The molecule has 1 aliphatic rings. The molecule has 0 unspecified atom stereocenters. The lowest BCUT2D eigenvalue weighted by Gasteiger charge is -2.24. The smallest absolute Gasteiger partial charge is 0.300 e. The number of hydrogen-bond donors (Lipinski definition) is 1. The minimum absolute atomic E-state index is 0.0232. The lowest BCUT2D eigenvalue weighted by Crippen LogP contribution is -2.36. The summed E-state index contributed by atoms with van der Waals surface area (Å²) >= 11 is 0. The molecule has 0 bridgehead atoms. The van der Waals surface area contributed by atoms with E-state index in [1.54, 1.807) is 4.90 Å². The first-order chi connectivity index (χ1) is 9.40. The van der Waals surface area contributed by atoms with Crippen molar-refractivity contribution in [2.75, 3.05) is 12.3 Å². The van der Waals surface area contributed by atoms with Crippen LogP contribution < -0.4 is 5.73 Å². The fourth-order valence-corrected chi connectivity index (χ4v) is 2.11. The van der Waals surface area contributed by atoms with Crippen LogP contribution in [-0.4, -0.2) is 33.3 Å². The fraction of sp³-hybridized carbons (Fsp3) is 0.538. The minimum Gasteiger partial charge on any atom is -0.384 e. The Morgan fingerprint density at radius 1 is 1.60 bits per heavy atom. The second-order valence-corrected chi connectivity index (χ2v) is 5.47. The van der Waals surface area contributed by atoms with Gasteiger partial charge in [-0.15, -0.1) is 0 Å². The van der Waals surface area contributed by atoms with E-state index in [1.165, 1.54) is 6.07 Å². The van der Waals surface area contributed by atoms with Crippen molar-refractivity contribution in [2.45, 2.75) is 32.7 Å². The van der Waals surface area contributed by atoms with E-state index >= 15 is 0 Å². The maximum absolute atomic E-state index is 12.6. The Balaban J connectivity index is 2.35. The Hall–Kier alpha value is -2.18. The number of hydrogen-bond acceptors (Lipinski definition) is 5. The molecule has 1 amide bonds. The van der Waals surface area contributed by atoms with Crippen LogP contribution in [0.15, 0.2) is 12.3 Å². The largest absolute Gasteiger partial charge is 0.384 e. The maximum atomic E-state index is 12.6. The van der Waals surface area contributed by atoms with E-state index < -0.39 is 4.92 Å². The summed E-state index contributed by atoms with van der Waals surface area (Å²) in [6, 6.07) is 1.48. The SMILES string of the molecule is CC(C)CN(C(=O)c1cc(N)ncc1[N+](=O)[O-])C1CC1. The summed E-state index contributed by atoms with van der Waals surface area (Å²) in [5.74, 6) is 0.0824. The first kappa shape index (κ1) is 14.2. The molecule has 0 aromatic carbocycles.